The first-order valence-electron chi connectivity index (χ1n) is 6.45. The highest BCUT2D eigenvalue weighted by Gasteiger charge is 2.15. The van der Waals surface area contributed by atoms with E-state index in [1.165, 1.54) is 0 Å². The van der Waals surface area contributed by atoms with Gasteiger partial charge in [-0.05, 0) is 25.0 Å². The summed E-state index contributed by atoms with van der Waals surface area (Å²) >= 11 is 0. The molecule has 2 N–H and O–H groups in total. The summed E-state index contributed by atoms with van der Waals surface area (Å²) in [4.78, 5) is 0. The molecule has 2 heterocycles. The van der Waals surface area contributed by atoms with E-state index < -0.39 is 6.10 Å². The van der Waals surface area contributed by atoms with Crippen molar-refractivity contribution in [2.45, 2.75) is 31.7 Å². The second kappa shape index (κ2) is 7.53. The molecular formula is C13H21NO4. The van der Waals surface area contributed by atoms with E-state index in [2.05, 4.69) is 5.32 Å². The van der Waals surface area contributed by atoms with E-state index in [-0.39, 0.29) is 0 Å². The minimum Gasteiger partial charge on any atom is -0.467 e. The molecule has 1 saturated heterocycles. The molecular weight excluding hydrogens is 234 g/mol. The summed E-state index contributed by atoms with van der Waals surface area (Å²) in [7, 11) is 0. The molecule has 1 aliphatic heterocycles. The van der Waals surface area contributed by atoms with Gasteiger partial charge in [0.25, 0.3) is 0 Å². The maximum Gasteiger partial charge on any atom is 0.129 e. The third-order valence-electron chi connectivity index (χ3n) is 2.91. The lowest BCUT2D eigenvalue weighted by atomic mass is 10.2. The summed E-state index contributed by atoms with van der Waals surface area (Å²) < 4.78 is 15.9. The van der Waals surface area contributed by atoms with Crippen LogP contribution in [0.5, 0.6) is 0 Å². The van der Waals surface area contributed by atoms with E-state index in [4.69, 9.17) is 13.9 Å². The Bertz CT molecular complexity index is 309. The molecule has 1 aliphatic rings. The summed E-state index contributed by atoms with van der Waals surface area (Å²) in [6.45, 7) is 2.89. The maximum absolute atomic E-state index is 9.69. The second-order valence-corrected chi connectivity index (χ2v) is 4.54. The lowest BCUT2D eigenvalue weighted by molar-refractivity contribution is 0.0207. The van der Waals surface area contributed by atoms with Gasteiger partial charge < -0.3 is 24.3 Å². The number of aliphatic hydroxyl groups excluding tert-OH is 1. The Hall–Kier alpha value is -0.880. The van der Waals surface area contributed by atoms with Gasteiger partial charge in [-0.2, -0.15) is 0 Å². The Labute approximate surface area is 107 Å². The Kier molecular flexibility index (Phi) is 5.67. The van der Waals surface area contributed by atoms with Crippen molar-refractivity contribution >= 4 is 0 Å². The molecule has 0 amide bonds. The van der Waals surface area contributed by atoms with Crippen LogP contribution in [-0.2, 0) is 16.1 Å². The van der Waals surface area contributed by atoms with Crippen LogP contribution in [0.4, 0.5) is 0 Å². The number of hydrogen-bond acceptors (Lipinski definition) is 5. The van der Waals surface area contributed by atoms with Gasteiger partial charge in [0, 0.05) is 19.7 Å². The molecule has 5 nitrogen and oxygen atoms in total. The molecule has 0 aromatic carbocycles. The zero-order valence-corrected chi connectivity index (χ0v) is 10.5. The Morgan fingerprint density at radius 3 is 3.22 bits per heavy atom. The van der Waals surface area contributed by atoms with Crippen LogP contribution in [0.25, 0.3) is 0 Å². The van der Waals surface area contributed by atoms with E-state index >= 15 is 0 Å². The highest BCUT2D eigenvalue weighted by molar-refractivity contribution is 4.96. The molecule has 18 heavy (non-hydrogen) atoms. The van der Waals surface area contributed by atoms with E-state index in [1.54, 1.807) is 6.26 Å². The standard InChI is InChI=1S/C13H21NO4/c15-11(7-14-8-12-3-1-5-17-12)9-16-10-13-4-2-6-18-13/h2,4,6,11-12,14-15H,1,3,5,7-10H2. The van der Waals surface area contributed by atoms with Crippen molar-refractivity contribution in [3.05, 3.63) is 24.2 Å². The number of hydrogen-bond donors (Lipinski definition) is 2. The lowest BCUT2D eigenvalue weighted by Gasteiger charge is -2.14. The molecule has 1 aromatic rings. The molecule has 102 valence electrons. The van der Waals surface area contributed by atoms with Crippen molar-refractivity contribution < 1.29 is 19.0 Å². The van der Waals surface area contributed by atoms with Gasteiger partial charge >= 0.3 is 0 Å². The monoisotopic (exact) mass is 255 g/mol. The summed E-state index contributed by atoms with van der Waals surface area (Å²) in [6.07, 6.45) is 3.67. The number of aliphatic hydroxyl groups is 1. The molecule has 0 saturated carbocycles. The van der Waals surface area contributed by atoms with Crippen LogP contribution in [0.1, 0.15) is 18.6 Å². The van der Waals surface area contributed by atoms with Crippen LogP contribution in [0, 0.1) is 0 Å². The summed E-state index contributed by atoms with van der Waals surface area (Å²) in [5.41, 5.74) is 0. The average Bonchev–Trinajstić information content (AvgIpc) is 3.01. The van der Waals surface area contributed by atoms with Crippen LogP contribution in [-0.4, -0.2) is 43.6 Å². The van der Waals surface area contributed by atoms with Crippen LogP contribution >= 0.6 is 0 Å². The molecule has 0 aliphatic carbocycles. The van der Waals surface area contributed by atoms with E-state index in [9.17, 15) is 5.11 Å². The fourth-order valence-electron chi connectivity index (χ4n) is 1.97. The molecule has 1 aromatic heterocycles. The van der Waals surface area contributed by atoms with Crippen LogP contribution in [0.2, 0.25) is 0 Å². The number of ether oxygens (including phenoxy) is 2. The van der Waals surface area contributed by atoms with Gasteiger partial charge in [0.2, 0.25) is 0 Å². The van der Waals surface area contributed by atoms with E-state index in [1.807, 2.05) is 12.1 Å². The van der Waals surface area contributed by atoms with Crippen molar-refractivity contribution in [1.82, 2.24) is 5.32 Å². The largest absolute Gasteiger partial charge is 0.467 e. The predicted molar refractivity (Wildman–Crippen MR) is 66.2 cm³/mol. The fourth-order valence-corrected chi connectivity index (χ4v) is 1.97. The van der Waals surface area contributed by atoms with Crippen molar-refractivity contribution in [1.29, 1.82) is 0 Å². The van der Waals surface area contributed by atoms with Crippen molar-refractivity contribution in [2.75, 3.05) is 26.3 Å². The van der Waals surface area contributed by atoms with Crippen LogP contribution < -0.4 is 5.32 Å². The number of rotatable bonds is 8. The van der Waals surface area contributed by atoms with Crippen molar-refractivity contribution in [2.24, 2.45) is 0 Å². The minimum atomic E-state index is -0.499. The SMILES string of the molecule is OC(CNCC1CCCO1)COCc1ccco1. The third-order valence-corrected chi connectivity index (χ3v) is 2.91. The van der Waals surface area contributed by atoms with E-state index in [0.29, 0.717) is 25.9 Å². The molecule has 5 heteroatoms. The fraction of sp³-hybridized carbons (Fsp3) is 0.692. The Morgan fingerprint density at radius 2 is 2.50 bits per heavy atom. The van der Waals surface area contributed by atoms with Gasteiger partial charge in [0.1, 0.15) is 12.4 Å². The first-order valence-corrected chi connectivity index (χ1v) is 6.45. The van der Waals surface area contributed by atoms with Crippen molar-refractivity contribution in [3.63, 3.8) is 0 Å². The summed E-state index contributed by atoms with van der Waals surface area (Å²) in [6, 6.07) is 3.67. The molecule has 1 fully saturated rings. The highest BCUT2D eigenvalue weighted by Crippen LogP contribution is 2.10. The molecule has 2 rings (SSSR count). The highest BCUT2D eigenvalue weighted by atomic mass is 16.5. The second-order valence-electron chi connectivity index (χ2n) is 4.54. The van der Waals surface area contributed by atoms with Gasteiger partial charge in [0.15, 0.2) is 0 Å². The molecule has 0 radical (unpaired) electrons. The first kappa shape index (κ1) is 13.5. The zero-order valence-electron chi connectivity index (χ0n) is 10.5. The third kappa shape index (κ3) is 4.78. The Balaban J connectivity index is 1.48. The molecule has 0 spiro atoms. The van der Waals surface area contributed by atoms with Gasteiger partial charge in [-0.3, -0.25) is 0 Å². The smallest absolute Gasteiger partial charge is 0.129 e. The first-order chi connectivity index (χ1) is 8.84. The lowest BCUT2D eigenvalue weighted by Crippen LogP contribution is -2.35. The normalized spacial score (nSPS) is 21.3. The summed E-state index contributed by atoms with van der Waals surface area (Å²) in [5, 5.41) is 12.9. The number of nitrogens with one attached hydrogen (secondary N) is 1. The van der Waals surface area contributed by atoms with Gasteiger partial charge in [-0.15, -0.1) is 0 Å². The molecule has 2 unspecified atom stereocenters. The molecule has 0 bridgehead atoms. The van der Waals surface area contributed by atoms with Crippen molar-refractivity contribution in [3.8, 4) is 0 Å². The topological polar surface area (TPSA) is 63.9 Å². The maximum atomic E-state index is 9.69. The zero-order chi connectivity index (χ0) is 12.6. The van der Waals surface area contributed by atoms with Crippen LogP contribution in [0.3, 0.4) is 0 Å². The van der Waals surface area contributed by atoms with Crippen LogP contribution in [0.15, 0.2) is 22.8 Å². The number of furan rings is 1. The summed E-state index contributed by atoms with van der Waals surface area (Å²) in [5.74, 6) is 0.773. The van der Waals surface area contributed by atoms with Gasteiger partial charge in [-0.1, -0.05) is 0 Å². The molecule has 2 atom stereocenters. The quantitative estimate of drug-likeness (QED) is 0.723. The van der Waals surface area contributed by atoms with Gasteiger partial charge in [0.05, 0.1) is 25.1 Å². The Morgan fingerprint density at radius 1 is 1.56 bits per heavy atom. The predicted octanol–water partition coefficient (Wildman–Crippen LogP) is 0.926. The van der Waals surface area contributed by atoms with E-state index in [0.717, 1.165) is 31.8 Å². The minimum absolute atomic E-state index is 0.305. The van der Waals surface area contributed by atoms with Gasteiger partial charge in [-0.25, -0.2) is 0 Å². The average molecular weight is 255 g/mol.